The summed E-state index contributed by atoms with van der Waals surface area (Å²) < 4.78 is 0. The van der Waals surface area contributed by atoms with Crippen LogP contribution in [0.5, 0.6) is 0 Å². The van der Waals surface area contributed by atoms with E-state index in [0.717, 1.165) is 5.56 Å². The lowest BCUT2D eigenvalue weighted by Crippen LogP contribution is -2.26. The first-order chi connectivity index (χ1) is 8.58. The number of hydrogen-bond acceptors (Lipinski definition) is 3. The molecule has 18 heavy (non-hydrogen) atoms. The van der Waals surface area contributed by atoms with Crippen molar-refractivity contribution in [1.29, 1.82) is 0 Å². The van der Waals surface area contributed by atoms with E-state index in [2.05, 4.69) is 15.5 Å². The summed E-state index contributed by atoms with van der Waals surface area (Å²) in [7, 11) is 0. The third-order valence-electron chi connectivity index (χ3n) is 2.60. The van der Waals surface area contributed by atoms with E-state index in [0.29, 0.717) is 16.3 Å². The molecule has 1 unspecified atom stereocenters. The molecule has 1 amide bonds. The molecule has 0 fully saturated rings. The molecule has 0 radical (unpaired) electrons. The third-order valence-corrected chi connectivity index (χ3v) is 2.92. The molecule has 4 N–H and O–H groups in total. The van der Waals surface area contributed by atoms with E-state index in [9.17, 15) is 4.79 Å². The summed E-state index contributed by atoms with van der Waals surface area (Å²) in [6.45, 7) is 1.87. The van der Waals surface area contributed by atoms with Gasteiger partial charge in [-0.15, -0.1) is 0 Å². The number of benzene rings is 1. The molecule has 0 bridgehead atoms. The van der Waals surface area contributed by atoms with Crippen LogP contribution in [0, 0.1) is 0 Å². The number of hydrogen-bond donors (Lipinski definition) is 3. The lowest BCUT2D eigenvalue weighted by molar-refractivity contribution is 0.0940. The van der Waals surface area contributed by atoms with Crippen LogP contribution < -0.4 is 11.1 Å². The molecule has 0 aliphatic carbocycles. The van der Waals surface area contributed by atoms with E-state index >= 15 is 0 Å². The monoisotopic (exact) mass is 264 g/mol. The van der Waals surface area contributed by atoms with E-state index in [-0.39, 0.29) is 11.9 Å². The fourth-order valence-corrected chi connectivity index (χ4v) is 1.85. The molecule has 0 aliphatic rings. The van der Waals surface area contributed by atoms with E-state index in [1.807, 2.05) is 6.92 Å². The number of H-pyrrole nitrogens is 1. The summed E-state index contributed by atoms with van der Waals surface area (Å²) in [5.74, 6) is -0.242. The van der Waals surface area contributed by atoms with Gasteiger partial charge in [0.25, 0.3) is 5.91 Å². The van der Waals surface area contributed by atoms with Crippen LogP contribution in [0.25, 0.3) is 0 Å². The second-order valence-corrected chi connectivity index (χ2v) is 4.37. The molecule has 6 heteroatoms. The van der Waals surface area contributed by atoms with Crippen LogP contribution in [0.15, 0.2) is 30.6 Å². The number of nitrogens with one attached hydrogen (secondary N) is 2. The average molecular weight is 265 g/mol. The molecular formula is C12H13ClN4O. The summed E-state index contributed by atoms with van der Waals surface area (Å²) in [6, 6.07) is 4.65. The number of aromatic nitrogens is 2. The van der Waals surface area contributed by atoms with Gasteiger partial charge < -0.3 is 11.1 Å². The average Bonchev–Trinajstić information content (AvgIpc) is 2.81. The fourth-order valence-electron chi connectivity index (χ4n) is 1.57. The summed E-state index contributed by atoms with van der Waals surface area (Å²) in [4.78, 5) is 12.0. The number of carbonyl (C=O) groups is 1. The zero-order valence-electron chi connectivity index (χ0n) is 9.77. The van der Waals surface area contributed by atoms with Crippen molar-refractivity contribution in [1.82, 2.24) is 15.5 Å². The van der Waals surface area contributed by atoms with Crippen LogP contribution >= 0.6 is 11.6 Å². The molecule has 1 heterocycles. The van der Waals surface area contributed by atoms with Crippen LogP contribution in [-0.4, -0.2) is 16.1 Å². The van der Waals surface area contributed by atoms with Crippen molar-refractivity contribution < 1.29 is 4.79 Å². The van der Waals surface area contributed by atoms with Crippen molar-refractivity contribution in [3.05, 3.63) is 46.7 Å². The number of nitrogens with zero attached hydrogens (tertiary/aromatic N) is 1. The van der Waals surface area contributed by atoms with Gasteiger partial charge in [-0.1, -0.05) is 11.6 Å². The Morgan fingerprint density at radius 2 is 2.33 bits per heavy atom. The molecule has 0 saturated carbocycles. The number of rotatable bonds is 3. The minimum Gasteiger partial charge on any atom is -0.399 e. The van der Waals surface area contributed by atoms with Gasteiger partial charge in [0, 0.05) is 17.4 Å². The van der Waals surface area contributed by atoms with Gasteiger partial charge in [-0.3, -0.25) is 9.89 Å². The van der Waals surface area contributed by atoms with E-state index in [1.165, 1.54) is 0 Å². The molecule has 5 nitrogen and oxygen atoms in total. The third kappa shape index (κ3) is 2.62. The Kier molecular flexibility index (Phi) is 3.53. The maximum absolute atomic E-state index is 12.0. The van der Waals surface area contributed by atoms with Crippen molar-refractivity contribution in [3.63, 3.8) is 0 Å². The van der Waals surface area contributed by atoms with Crippen molar-refractivity contribution in [2.45, 2.75) is 13.0 Å². The molecule has 0 saturated heterocycles. The van der Waals surface area contributed by atoms with Gasteiger partial charge >= 0.3 is 0 Å². The maximum Gasteiger partial charge on any atom is 0.253 e. The van der Waals surface area contributed by atoms with E-state index in [1.54, 1.807) is 30.6 Å². The topological polar surface area (TPSA) is 83.8 Å². The zero-order valence-corrected chi connectivity index (χ0v) is 10.5. The molecule has 0 aliphatic heterocycles. The first-order valence-corrected chi connectivity index (χ1v) is 5.80. The Balaban J connectivity index is 2.12. The van der Waals surface area contributed by atoms with Gasteiger partial charge in [-0.05, 0) is 25.1 Å². The molecule has 2 rings (SSSR count). The van der Waals surface area contributed by atoms with Gasteiger partial charge in [0.05, 0.1) is 22.8 Å². The molecular weight excluding hydrogens is 252 g/mol. The quantitative estimate of drug-likeness (QED) is 0.743. The fraction of sp³-hybridized carbons (Fsp3) is 0.167. The van der Waals surface area contributed by atoms with E-state index < -0.39 is 0 Å². The standard InChI is InChI=1S/C12H13ClN4O/c1-7(8-5-15-16-6-8)17-12(18)10-3-2-9(14)4-11(10)13/h2-7H,14H2,1H3,(H,15,16)(H,17,18). The Morgan fingerprint density at radius 3 is 2.94 bits per heavy atom. The highest BCUT2D eigenvalue weighted by Gasteiger charge is 2.14. The van der Waals surface area contributed by atoms with Crippen LogP contribution in [0.1, 0.15) is 28.9 Å². The number of amides is 1. The lowest BCUT2D eigenvalue weighted by atomic mass is 10.1. The smallest absolute Gasteiger partial charge is 0.253 e. The Morgan fingerprint density at radius 1 is 1.56 bits per heavy atom. The van der Waals surface area contributed by atoms with Gasteiger partial charge in [0.2, 0.25) is 0 Å². The van der Waals surface area contributed by atoms with E-state index in [4.69, 9.17) is 17.3 Å². The Labute approximate surface area is 109 Å². The number of aromatic amines is 1. The maximum atomic E-state index is 12.0. The van der Waals surface area contributed by atoms with Crippen molar-refractivity contribution in [2.24, 2.45) is 0 Å². The molecule has 1 aromatic carbocycles. The number of nitrogens with two attached hydrogens (primary N) is 1. The zero-order chi connectivity index (χ0) is 13.1. The van der Waals surface area contributed by atoms with Gasteiger partial charge in [-0.2, -0.15) is 5.10 Å². The highest BCUT2D eigenvalue weighted by molar-refractivity contribution is 6.34. The second-order valence-electron chi connectivity index (χ2n) is 3.97. The first kappa shape index (κ1) is 12.4. The minimum atomic E-state index is -0.242. The van der Waals surface area contributed by atoms with Crippen LogP contribution in [-0.2, 0) is 0 Å². The summed E-state index contributed by atoms with van der Waals surface area (Å²) >= 11 is 5.97. The Bertz CT molecular complexity index is 553. The van der Waals surface area contributed by atoms with Crippen molar-refractivity contribution in [3.8, 4) is 0 Å². The molecule has 2 aromatic rings. The van der Waals surface area contributed by atoms with Crippen LogP contribution in [0.2, 0.25) is 5.02 Å². The number of halogens is 1. The van der Waals surface area contributed by atoms with Crippen LogP contribution in [0.3, 0.4) is 0 Å². The van der Waals surface area contributed by atoms with Gasteiger partial charge in [0.15, 0.2) is 0 Å². The highest BCUT2D eigenvalue weighted by atomic mass is 35.5. The summed E-state index contributed by atoms with van der Waals surface area (Å²) in [5, 5.41) is 9.71. The minimum absolute atomic E-state index is 0.148. The van der Waals surface area contributed by atoms with Gasteiger partial charge in [-0.25, -0.2) is 0 Å². The lowest BCUT2D eigenvalue weighted by Gasteiger charge is -2.13. The van der Waals surface area contributed by atoms with Crippen LogP contribution in [0.4, 0.5) is 5.69 Å². The second kappa shape index (κ2) is 5.10. The normalized spacial score (nSPS) is 12.1. The number of nitrogen functional groups attached to an aromatic ring is 1. The SMILES string of the molecule is CC(NC(=O)c1ccc(N)cc1Cl)c1cn[nH]c1. The summed E-state index contributed by atoms with van der Waals surface area (Å²) in [6.07, 6.45) is 3.39. The first-order valence-electron chi connectivity index (χ1n) is 5.42. The van der Waals surface area contributed by atoms with Crippen molar-refractivity contribution in [2.75, 3.05) is 5.73 Å². The molecule has 1 atom stereocenters. The number of carbonyl (C=O) groups excluding carboxylic acids is 1. The van der Waals surface area contributed by atoms with Crippen molar-refractivity contribution >= 4 is 23.2 Å². The molecule has 0 spiro atoms. The predicted octanol–water partition coefficient (Wildman–Crippen LogP) is 2.14. The largest absolute Gasteiger partial charge is 0.399 e. The Hall–Kier alpha value is -2.01. The summed E-state index contributed by atoms with van der Waals surface area (Å²) in [5.41, 5.74) is 7.41. The highest BCUT2D eigenvalue weighted by Crippen LogP contribution is 2.20. The molecule has 94 valence electrons. The molecule has 1 aromatic heterocycles. The number of anilines is 1. The predicted molar refractivity (Wildman–Crippen MR) is 70.3 cm³/mol. The van der Waals surface area contributed by atoms with Gasteiger partial charge in [0.1, 0.15) is 0 Å².